The van der Waals surface area contributed by atoms with Gasteiger partial charge in [0.2, 0.25) is 0 Å². The fourth-order valence-corrected chi connectivity index (χ4v) is 3.60. The molecule has 164 valence electrons. The van der Waals surface area contributed by atoms with Crippen molar-refractivity contribution >= 4 is 39.9 Å². The summed E-state index contributed by atoms with van der Waals surface area (Å²) in [5.41, 5.74) is -0.0182. The molecule has 0 atom stereocenters. The molecule has 1 saturated heterocycles. The monoisotopic (exact) mass is 446 g/mol. The number of carbonyl (C=O) groups excluding carboxylic acids is 3. The van der Waals surface area contributed by atoms with Crippen LogP contribution >= 0.6 is 0 Å². The van der Waals surface area contributed by atoms with Gasteiger partial charge in [0.25, 0.3) is 11.8 Å². The van der Waals surface area contributed by atoms with Crippen molar-refractivity contribution in [2.45, 2.75) is 19.3 Å². The zero-order chi connectivity index (χ0) is 23.1. The molecule has 2 aromatic heterocycles. The molecular formula is C23H14N2O8. The molecule has 2 aromatic carbocycles. The molecular weight excluding hydrogens is 432 g/mol. The van der Waals surface area contributed by atoms with E-state index in [0.29, 0.717) is 21.5 Å². The molecule has 0 bridgehead atoms. The maximum Gasteiger partial charge on any atom is 0.363 e. The first-order chi connectivity index (χ1) is 15.9. The molecule has 0 saturated carbocycles. The Morgan fingerprint density at radius 2 is 1.67 bits per heavy atom. The maximum absolute atomic E-state index is 12.4. The Morgan fingerprint density at radius 1 is 0.939 bits per heavy atom. The maximum atomic E-state index is 12.4. The zero-order valence-electron chi connectivity index (χ0n) is 16.9. The van der Waals surface area contributed by atoms with Crippen LogP contribution in [0, 0.1) is 0 Å². The Morgan fingerprint density at radius 3 is 2.39 bits per heavy atom. The molecule has 1 fully saturated rings. The highest BCUT2D eigenvalue weighted by Gasteiger charge is 2.33. The van der Waals surface area contributed by atoms with Crippen molar-refractivity contribution in [2.75, 3.05) is 0 Å². The Balaban J connectivity index is 1.57. The number of fused-ring (bicyclic) bond motifs is 2. The van der Waals surface area contributed by atoms with Crippen LogP contribution in [0.2, 0.25) is 0 Å². The second-order valence-electron chi connectivity index (χ2n) is 7.34. The molecule has 33 heavy (non-hydrogen) atoms. The van der Waals surface area contributed by atoms with E-state index in [9.17, 15) is 24.0 Å². The van der Waals surface area contributed by atoms with Gasteiger partial charge in [-0.25, -0.2) is 19.4 Å². The summed E-state index contributed by atoms with van der Waals surface area (Å²) in [5.74, 6) is -2.11. The fourth-order valence-electron chi connectivity index (χ4n) is 3.60. The van der Waals surface area contributed by atoms with Gasteiger partial charge in [-0.3, -0.25) is 9.59 Å². The first-order valence-electron chi connectivity index (χ1n) is 9.93. The van der Waals surface area contributed by atoms with E-state index >= 15 is 0 Å². The summed E-state index contributed by atoms with van der Waals surface area (Å²) in [4.78, 5) is 69.5. The summed E-state index contributed by atoms with van der Waals surface area (Å²) >= 11 is 0. The van der Waals surface area contributed by atoms with Crippen molar-refractivity contribution in [1.82, 2.24) is 10.0 Å². The number of rotatable bonds is 4. The highest BCUT2D eigenvalue weighted by atomic mass is 16.7. The summed E-state index contributed by atoms with van der Waals surface area (Å²) in [5, 5.41) is 0.798. The first-order valence-corrected chi connectivity index (χ1v) is 9.93. The predicted molar refractivity (Wildman–Crippen MR) is 113 cm³/mol. The van der Waals surface area contributed by atoms with Crippen molar-refractivity contribution < 1.29 is 28.1 Å². The molecule has 0 aliphatic carbocycles. The summed E-state index contributed by atoms with van der Waals surface area (Å²) in [6.07, 6.45) is -0.472. The van der Waals surface area contributed by atoms with Crippen LogP contribution in [0.25, 0.3) is 33.3 Å². The third kappa shape index (κ3) is 3.78. The van der Waals surface area contributed by atoms with Gasteiger partial charge in [0.15, 0.2) is 11.3 Å². The molecule has 5 rings (SSSR count). The number of hydroxylamine groups is 2. The topological polar surface area (TPSA) is 137 Å². The van der Waals surface area contributed by atoms with Crippen LogP contribution in [0.4, 0.5) is 0 Å². The van der Waals surface area contributed by atoms with Crippen LogP contribution in [0.1, 0.15) is 18.4 Å². The van der Waals surface area contributed by atoms with Crippen molar-refractivity contribution in [2.24, 2.45) is 0 Å². The summed E-state index contributed by atoms with van der Waals surface area (Å²) in [6, 6.07) is 12.7. The standard InChI is InChI=1S/C23H14N2O8/c26-18-6-7-19(27)25(18)33-21(29)9-13-8-20(28)31-16-11-17-15(10-14(13)16)24-22(23(30)32-17)12-4-2-1-3-5-12/h1-5,8,10-11H,6-7,9H2. The fraction of sp³-hybridized carbons (Fsp3) is 0.130. The lowest BCUT2D eigenvalue weighted by Gasteiger charge is -2.13. The molecule has 4 aromatic rings. The number of hydrogen-bond acceptors (Lipinski definition) is 9. The highest BCUT2D eigenvalue weighted by Crippen LogP contribution is 2.25. The number of imide groups is 1. The van der Waals surface area contributed by atoms with E-state index < -0.39 is 35.5 Å². The molecule has 10 nitrogen and oxygen atoms in total. The SMILES string of the molecule is O=C(Cc1cc(=O)oc2cc3oc(=O)c(-c4ccccc4)nc3cc12)ON1C(=O)CCC1=O. The highest BCUT2D eigenvalue weighted by molar-refractivity contribution is 6.02. The van der Waals surface area contributed by atoms with Crippen LogP contribution in [-0.4, -0.2) is 27.8 Å². The van der Waals surface area contributed by atoms with Crippen LogP contribution in [0.5, 0.6) is 0 Å². The Bertz CT molecular complexity index is 1550. The number of carbonyl (C=O) groups is 3. The smallest absolute Gasteiger partial charge is 0.363 e. The lowest BCUT2D eigenvalue weighted by molar-refractivity contribution is -0.197. The molecule has 1 aliphatic heterocycles. The summed E-state index contributed by atoms with van der Waals surface area (Å²) < 4.78 is 10.6. The van der Waals surface area contributed by atoms with Gasteiger partial charge >= 0.3 is 17.2 Å². The zero-order valence-corrected chi connectivity index (χ0v) is 16.9. The Kier molecular flexibility index (Phi) is 4.82. The number of amides is 2. The minimum absolute atomic E-state index is 0.0312. The summed E-state index contributed by atoms with van der Waals surface area (Å²) in [7, 11) is 0. The van der Waals surface area contributed by atoms with Crippen molar-refractivity contribution in [1.29, 1.82) is 0 Å². The van der Waals surface area contributed by atoms with E-state index in [1.165, 1.54) is 12.1 Å². The second kappa shape index (κ2) is 7.83. The number of benzene rings is 2. The molecule has 0 unspecified atom stereocenters. The third-order valence-corrected chi connectivity index (χ3v) is 5.12. The van der Waals surface area contributed by atoms with E-state index in [1.807, 2.05) is 0 Å². The average Bonchev–Trinajstić information content (AvgIpc) is 3.10. The largest absolute Gasteiger partial charge is 0.423 e. The van der Waals surface area contributed by atoms with Gasteiger partial charge < -0.3 is 13.7 Å². The minimum atomic E-state index is -0.900. The van der Waals surface area contributed by atoms with E-state index in [0.717, 1.165) is 6.07 Å². The third-order valence-electron chi connectivity index (χ3n) is 5.12. The predicted octanol–water partition coefficient (Wildman–Crippen LogP) is 2.11. The van der Waals surface area contributed by atoms with Crippen LogP contribution in [-0.2, 0) is 25.6 Å². The lowest BCUT2D eigenvalue weighted by Crippen LogP contribution is -2.32. The van der Waals surface area contributed by atoms with E-state index in [-0.39, 0.29) is 35.3 Å². The van der Waals surface area contributed by atoms with Gasteiger partial charge in [0.1, 0.15) is 11.1 Å². The Labute approximate surface area is 183 Å². The van der Waals surface area contributed by atoms with Gasteiger partial charge in [-0.2, -0.15) is 0 Å². The number of aromatic nitrogens is 1. The molecule has 0 radical (unpaired) electrons. The first kappa shape index (κ1) is 20.3. The van der Waals surface area contributed by atoms with E-state index in [2.05, 4.69) is 4.98 Å². The molecule has 10 heteroatoms. The lowest BCUT2D eigenvalue weighted by atomic mass is 10.1. The number of nitrogens with zero attached hydrogens (tertiary/aromatic N) is 2. The van der Waals surface area contributed by atoms with Crippen LogP contribution in [0.15, 0.2) is 67.0 Å². The Hall–Kier alpha value is -4.60. The minimum Gasteiger partial charge on any atom is -0.423 e. The molecule has 1 aliphatic rings. The normalized spacial score (nSPS) is 13.8. The van der Waals surface area contributed by atoms with Gasteiger partial charge in [-0.1, -0.05) is 30.3 Å². The molecule has 2 amide bonds. The summed E-state index contributed by atoms with van der Waals surface area (Å²) in [6.45, 7) is 0. The van der Waals surface area contributed by atoms with Crippen molar-refractivity contribution in [3.05, 3.63) is 74.9 Å². The molecule has 3 heterocycles. The average molecular weight is 446 g/mol. The molecule has 0 spiro atoms. The van der Waals surface area contributed by atoms with Gasteiger partial charge in [0, 0.05) is 35.9 Å². The van der Waals surface area contributed by atoms with Crippen LogP contribution in [0.3, 0.4) is 0 Å². The van der Waals surface area contributed by atoms with E-state index in [4.69, 9.17) is 13.7 Å². The number of hydrogen-bond donors (Lipinski definition) is 0. The van der Waals surface area contributed by atoms with Gasteiger partial charge in [0.05, 0.1) is 6.42 Å². The van der Waals surface area contributed by atoms with Gasteiger partial charge in [-0.15, -0.1) is 5.06 Å². The van der Waals surface area contributed by atoms with Crippen molar-refractivity contribution in [3.63, 3.8) is 0 Å². The van der Waals surface area contributed by atoms with Crippen LogP contribution < -0.4 is 11.3 Å². The van der Waals surface area contributed by atoms with Crippen molar-refractivity contribution in [3.8, 4) is 11.3 Å². The second-order valence-corrected chi connectivity index (χ2v) is 7.34. The quantitative estimate of drug-likeness (QED) is 0.262. The molecule has 0 N–H and O–H groups in total. The van der Waals surface area contributed by atoms with E-state index in [1.54, 1.807) is 30.3 Å². The van der Waals surface area contributed by atoms with Gasteiger partial charge in [-0.05, 0) is 11.6 Å².